The van der Waals surface area contributed by atoms with E-state index < -0.39 is 23.4 Å². The van der Waals surface area contributed by atoms with Gasteiger partial charge in [0.2, 0.25) is 5.91 Å². The van der Waals surface area contributed by atoms with Crippen LogP contribution in [0.5, 0.6) is 0 Å². The third kappa shape index (κ3) is 3.68. The Bertz CT molecular complexity index is 476. The standard InChI is InChI=1S/C12H13F3N2O2/c13-8-4-10(15)11(5-9(8)14)17-12(18)3-7-6-19-2-1-16-7/h4-5,7,16H,1-3,6H2,(H,17,18). The highest BCUT2D eigenvalue weighted by atomic mass is 19.2. The van der Waals surface area contributed by atoms with Crippen molar-refractivity contribution >= 4 is 11.6 Å². The number of anilines is 1. The Balaban J connectivity index is 1.96. The number of hydrogen-bond donors (Lipinski definition) is 2. The number of ether oxygens (including phenoxy) is 1. The van der Waals surface area contributed by atoms with Crippen LogP contribution in [0.1, 0.15) is 6.42 Å². The SMILES string of the molecule is O=C(CC1COCCN1)Nc1cc(F)c(F)cc1F. The van der Waals surface area contributed by atoms with Crippen LogP contribution in [0.25, 0.3) is 0 Å². The molecule has 1 fully saturated rings. The first-order valence-corrected chi connectivity index (χ1v) is 5.82. The highest BCUT2D eigenvalue weighted by molar-refractivity contribution is 5.91. The molecule has 0 aromatic heterocycles. The molecule has 0 saturated carbocycles. The summed E-state index contributed by atoms with van der Waals surface area (Å²) in [6.07, 6.45) is 0.0679. The number of amides is 1. The number of morpholine rings is 1. The normalized spacial score (nSPS) is 19.2. The zero-order chi connectivity index (χ0) is 13.8. The first-order chi connectivity index (χ1) is 9.06. The molecular formula is C12H13F3N2O2. The Labute approximate surface area is 107 Å². The predicted molar refractivity (Wildman–Crippen MR) is 62.2 cm³/mol. The minimum Gasteiger partial charge on any atom is -0.378 e. The molecule has 1 aliphatic rings. The second-order valence-electron chi connectivity index (χ2n) is 4.22. The zero-order valence-electron chi connectivity index (χ0n) is 10.0. The molecule has 1 amide bonds. The molecule has 1 aromatic rings. The third-order valence-corrected chi connectivity index (χ3v) is 2.71. The van der Waals surface area contributed by atoms with Gasteiger partial charge in [-0.15, -0.1) is 0 Å². The number of benzene rings is 1. The molecule has 1 saturated heterocycles. The Morgan fingerprint density at radius 3 is 2.74 bits per heavy atom. The monoisotopic (exact) mass is 274 g/mol. The lowest BCUT2D eigenvalue weighted by atomic mass is 10.2. The van der Waals surface area contributed by atoms with Gasteiger partial charge in [0.15, 0.2) is 11.6 Å². The van der Waals surface area contributed by atoms with Crippen molar-refractivity contribution in [1.82, 2.24) is 5.32 Å². The second kappa shape index (κ2) is 6.03. The van der Waals surface area contributed by atoms with E-state index in [0.717, 1.165) is 0 Å². The van der Waals surface area contributed by atoms with Gasteiger partial charge in [-0.1, -0.05) is 0 Å². The zero-order valence-corrected chi connectivity index (χ0v) is 10.0. The fraction of sp³-hybridized carbons (Fsp3) is 0.417. The van der Waals surface area contributed by atoms with E-state index in [-0.39, 0.29) is 18.2 Å². The number of hydrogen-bond acceptors (Lipinski definition) is 3. The Morgan fingerprint density at radius 1 is 1.32 bits per heavy atom. The summed E-state index contributed by atoms with van der Waals surface area (Å²) in [6, 6.07) is 0.849. The van der Waals surface area contributed by atoms with Gasteiger partial charge >= 0.3 is 0 Å². The molecule has 1 atom stereocenters. The van der Waals surface area contributed by atoms with Gasteiger partial charge in [-0.3, -0.25) is 4.79 Å². The minimum atomic E-state index is -1.29. The second-order valence-corrected chi connectivity index (χ2v) is 4.22. The number of rotatable bonds is 3. The fourth-order valence-electron chi connectivity index (χ4n) is 1.79. The molecule has 2 N–H and O–H groups in total. The van der Waals surface area contributed by atoms with Crippen LogP contribution in [0.15, 0.2) is 12.1 Å². The average Bonchev–Trinajstić information content (AvgIpc) is 2.37. The van der Waals surface area contributed by atoms with Gasteiger partial charge in [-0.05, 0) is 0 Å². The van der Waals surface area contributed by atoms with Crippen molar-refractivity contribution in [2.45, 2.75) is 12.5 Å². The number of carbonyl (C=O) groups is 1. The molecule has 7 heteroatoms. The van der Waals surface area contributed by atoms with Gasteiger partial charge in [0.25, 0.3) is 0 Å². The van der Waals surface area contributed by atoms with Crippen molar-refractivity contribution in [3.63, 3.8) is 0 Å². The fourth-order valence-corrected chi connectivity index (χ4v) is 1.79. The maximum Gasteiger partial charge on any atom is 0.226 e. The molecule has 4 nitrogen and oxygen atoms in total. The Hall–Kier alpha value is -1.60. The molecule has 0 spiro atoms. The average molecular weight is 274 g/mol. The molecule has 19 heavy (non-hydrogen) atoms. The highest BCUT2D eigenvalue weighted by Gasteiger charge is 2.18. The van der Waals surface area contributed by atoms with Crippen LogP contribution >= 0.6 is 0 Å². The van der Waals surface area contributed by atoms with Crippen LogP contribution in [0.4, 0.5) is 18.9 Å². The highest BCUT2D eigenvalue weighted by Crippen LogP contribution is 2.18. The third-order valence-electron chi connectivity index (χ3n) is 2.71. The molecular weight excluding hydrogens is 261 g/mol. The van der Waals surface area contributed by atoms with Crippen LogP contribution < -0.4 is 10.6 Å². The van der Waals surface area contributed by atoms with Gasteiger partial charge < -0.3 is 15.4 Å². The molecule has 0 aliphatic carbocycles. The van der Waals surface area contributed by atoms with Gasteiger partial charge in [-0.25, -0.2) is 13.2 Å². The Kier molecular flexibility index (Phi) is 4.39. The van der Waals surface area contributed by atoms with E-state index in [9.17, 15) is 18.0 Å². The molecule has 1 aliphatic heterocycles. The summed E-state index contributed by atoms with van der Waals surface area (Å²) in [5.41, 5.74) is -0.374. The van der Waals surface area contributed by atoms with E-state index >= 15 is 0 Å². The van der Waals surface area contributed by atoms with Crippen LogP contribution in [0, 0.1) is 17.5 Å². The first kappa shape index (κ1) is 13.8. The van der Waals surface area contributed by atoms with Gasteiger partial charge in [-0.2, -0.15) is 0 Å². The number of carbonyl (C=O) groups excluding carboxylic acids is 1. The quantitative estimate of drug-likeness (QED) is 0.820. The minimum absolute atomic E-state index is 0.0679. The van der Waals surface area contributed by atoms with Crippen LogP contribution in [-0.2, 0) is 9.53 Å². The van der Waals surface area contributed by atoms with E-state index in [1.165, 1.54) is 0 Å². The molecule has 1 aromatic carbocycles. The predicted octanol–water partition coefficient (Wildman–Crippen LogP) is 1.42. The van der Waals surface area contributed by atoms with Crippen LogP contribution in [0.2, 0.25) is 0 Å². The molecule has 1 heterocycles. The van der Waals surface area contributed by atoms with E-state index in [2.05, 4.69) is 10.6 Å². The lowest BCUT2D eigenvalue weighted by molar-refractivity contribution is -0.117. The molecule has 2 rings (SSSR count). The summed E-state index contributed by atoms with van der Waals surface area (Å²) in [4.78, 5) is 11.6. The van der Waals surface area contributed by atoms with Gasteiger partial charge in [0.1, 0.15) is 5.82 Å². The van der Waals surface area contributed by atoms with Gasteiger partial charge in [0.05, 0.1) is 18.9 Å². The summed E-state index contributed by atoms with van der Waals surface area (Å²) in [5.74, 6) is -4.01. The molecule has 0 radical (unpaired) electrons. The number of nitrogens with one attached hydrogen (secondary N) is 2. The van der Waals surface area contributed by atoms with E-state index in [1.54, 1.807) is 0 Å². The van der Waals surface area contributed by atoms with Crippen molar-refractivity contribution in [2.24, 2.45) is 0 Å². The summed E-state index contributed by atoms with van der Waals surface area (Å²) < 4.78 is 44.1. The summed E-state index contributed by atoms with van der Waals surface area (Å²) >= 11 is 0. The largest absolute Gasteiger partial charge is 0.378 e. The van der Waals surface area contributed by atoms with Crippen molar-refractivity contribution < 1.29 is 22.7 Å². The maximum atomic E-state index is 13.3. The van der Waals surface area contributed by atoms with Crippen molar-refractivity contribution in [2.75, 3.05) is 25.1 Å². The lowest BCUT2D eigenvalue weighted by Crippen LogP contribution is -2.43. The number of halogens is 3. The van der Waals surface area contributed by atoms with Crippen LogP contribution in [-0.4, -0.2) is 31.7 Å². The molecule has 0 bridgehead atoms. The van der Waals surface area contributed by atoms with E-state index in [0.29, 0.717) is 31.9 Å². The molecule has 104 valence electrons. The van der Waals surface area contributed by atoms with Crippen molar-refractivity contribution in [3.05, 3.63) is 29.6 Å². The van der Waals surface area contributed by atoms with Gasteiger partial charge in [0, 0.05) is 31.1 Å². The van der Waals surface area contributed by atoms with Crippen LogP contribution in [0.3, 0.4) is 0 Å². The van der Waals surface area contributed by atoms with Crippen molar-refractivity contribution in [3.8, 4) is 0 Å². The molecule has 1 unspecified atom stereocenters. The summed E-state index contributed by atoms with van der Waals surface area (Å²) in [7, 11) is 0. The van der Waals surface area contributed by atoms with E-state index in [1.807, 2.05) is 0 Å². The van der Waals surface area contributed by atoms with E-state index in [4.69, 9.17) is 4.74 Å². The Morgan fingerprint density at radius 2 is 2.05 bits per heavy atom. The summed E-state index contributed by atoms with van der Waals surface area (Å²) in [5, 5.41) is 5.27. The summed E-state index contributed by atoms with van der Waals surface area (Å²) in [6.45, 7) is 1.60. The first-order valence-electron chi connectivity index (χ1n) is 5.82. The van der Waals surface area contributed by atoms with Crippen molar-refractivity contribution in [1.29, 1.82) is 0 Å². The lowest BCUT2D eigenvalue weighted by Gasteiger charge is -2.23. The topological polar surface area (TPSA) is 50.4 Å². The smallest absolute Gasteiger partial charge is 0.226 e. The maximum absolute atomic E-state index is 13.3.